The fourth-order valence-corrected chi connectivity index (χ4v) is 2.09. The van der Waals surface area contributed by atoms with Crippen LogP contribution in [0.2, 0.25) is 0 Å². The van der Waals surface area contributed by atoms with Crippen LogP contribution in [-0.2, 0) is 14.4 Å². The number of hydrogen-bond acceptors (Lipinski definition) is 5. The van der Waals surface area contributed by atoms with Crippen LogP contribution < -0.4 is 10.6 Å². The maximum absolute atomic E-state index is 12.1. The predicted octanol–water partition coefficient (Wildman–Crippen LogP) is 0.610. The highest BCUT2D eigenvalue weighted by Crippen LogP contribution is 2.24. The van der Waals surface area contributed by atoms with Crippen molar-refractivity contribution in [2.45, 2.75) is 13.8 Å². The number of nitrogens with zero attached hydrogens (tertiary/aromatic N) is 1. The second-order valence-corrected chi connectivity index (χ2v) is 4.91. The molecule has 1 aliphatic heterocycles. The van der Waals surface area contributed by atoms with E-state index in [9.17, 15) is 14.4 Å². The maximum Gasteiger partial charge on any atom is 0.277 e. The van der Waals surface area contributed by atoms with E-state index in [1.54, 1.807) is 18.2 Å². The minimum absolute atomic E-state index is 0.0374. The summed E-state index contributed by atoms with van der Waals surface area (Å²) in [6, 6.07) is 5.22. The van der Waals surface area contributed by atoms with Gasteiger partial charge in [-0.05, 0) is 24.6 Å². The lowest BCUT2D eigenvalue weighted by atomic mass is 10.1. The van der Waals surface area contributed by atoms with E-state index in [2.05, 4.69) is 10.6 Å². The van der Waals surface area contributed by atoms with Crippen LogP contribution in [-0.4, -0.2) is 40.9 Å². The summed E-state index contributed by atoms with van der Waals surface area (Å²) in [5, 5.41) is 14.4. The van der Waals surface area contributed by atoms with E-state index in [0.29, 0.717) is 11.4 Å². The van der Waals surface area contributed by atoms with Gasteiger partial charge in [-0.1, -0.05) is 6.07 Å². The van der Waals surface area contributed by atoms with Gasteiger partial charge in [0, 0.05) is 24.4 Å². The van der Waals surface area contributed by atoms with Crippen molar-refractivity contribution < 1.29 is 19.5 Å². The zero-order chi connectivity index (χ0) is 16.3. The van der Waals surface area contributed by atoms with Crippen molar-refractivity contribution in [3.05, 3.63) is 35.5 Å². The molecule has 3 amide bonds. The smallest absolute Gasteiger partial charge is 0.277 e. The lowest BCUT2D eigenvalue weighted by Crippen LogP contribution is -2.34. The Morgan fingerprint density at radius 1 is 1.32 bits per heavy atom. The molecule has 7 nitrogen and oxygen atoms in total. The Balaban J connectivity index is 2.20. The van der Waals surface area contributed by atoms with Gasteiger partial charge in [-0.2, -0.15) is 0 Å². The summed E-state index contributed by atoms with van der Waals surface area (Å²) in [5.41, 5.74) is 2.20. The summed E-state index contributed by atoms with van der Waals surface area (Å²) >= 11 is 0. The summed E-state index contributed by atoms with van der Waals surface area (Å²) < 4.78 is 0. The number of imide groups is 1. The van der Waals surface area contributed by atoms with Crippen LogP contribution in [0, 0.1) is 6.92 Å². The number of aliphatic hydroxyl groups excluding tert-OH is 1. The molecule has 0 saturated heterocycles. The number of rotatable bonds is 5. The Morgan fingerprint density at radius 3 is 2.68 bits per heavy atom. The highest BCUT2D eigenvalue weighted by Gasteiger charge is 2.30. The summed E-state index contributed by atoms with van der Waals surface area (Å²) in [7, 11) is 0. The van der Waals surface area contributed by atoms with E-state index in [4.69, 9.17) is 5.11 Å². The monoisotopic (exact) mass is 303 g/mol. The molecule has 1 heterocycles. The van der Waals surface area contributed by atoms with E-state index in [1.807, 2.05) is 6.92 Å². The Morgan fingerprint density at radius 2 is 2.05 bits per heavy atom. The van der Waals surface area contributed by atoms with Crippen LogP contribution in [0.15, 0.2) is 30.0 Å². The Hall–Kier alpha value is -2.67. The summed E-state index contributed by atoms with van der Waals surface area (Å²) in [6.45, 7) is 2.93. The molecule has 3 N–H and O–H groups in total. The molecule has 1 aromatic rings. The Bertz CT molecular complexity index is 667. The predicted molar refractivity (Wildman–Crippen MR) is 81.0 cm³/mol. The number of hydrogen-bond donors (Lipinski definition) is 3. The van der Waals surface area contributed by atoms with E-state index < -0.39 is 11.8 Å². The normalized spacial score (nSPS) is 14.1. The lowest BCUT2D eigenvalue weighted by molar-refractivity contribution is -0.137. The number of carbonyl (C=O) groups excluding carboxylic acids is 3. The molecule has 0 aliphatic carbocycles. The lowest BCUT2D eigenvalue weighted by Gasteiger charge is -2.15. The fourth-order valence-electron chi connectivity index (χ4n) is 2.09. The Kier molecular flexibility index (Phi) is 4.57. The molecule has 0 unspecified atom stereocenters. The van der Waals surface area contributed by atoms with Crippen molar-refractivity contribution in [2.24, 2.45) is 0 Å². The molecular formula is C15H17N3O4. The standard InChI is InChI=1S/C15H17N3O4/c1-9-3-4-11(16-10(2)20)7-12(9)17-13-8-14(21)18(5-6-19)15(13)22/h3-4,7-8,17,19H,5-6H2,1-2H3,(H,16,20). The summed E-state index contributed by atoms with van der Waals surface area (Å²) in [4.78, 5) is 35.8. The van der Waals surface area contributed by atoms with Gasteiger partial charge >= 0.3 is 0 Å². The largest absolute Gasteiger partial charge is 0.395 e. The van der Waals surface area contributed by atoms with Crippen molar-refractivity contribution in [2.75, 3.05) is 23.8 Å². The number of β-amino-alcohol motifs (C(OH)–C–C–N with tert-alkyl or cyclic N) is 1. The highest BCUT2D eigenvalue weighted by atomic mass is 16.3. The van der Waals surface area contributed by atoms with Crippen LogP contribution in [0.5, 0.6) is 0 Å². The van der Waals surface area contributed by atoms with Gasteiger partial charge in [-0.15, -0.1) is 0 Å². The maximum atomic E-state index is 12.1. The van der Waals surface area contributed by atoms with Crippen molar-refractivity contribution in [1.82, 2.24) is 4.90 Å². The average Bonchev–Trinajstić information content (AvgIpc) is 2.70. The van der Waals surface area contributed by atoms with Crippen molar-refractivity contribution in [3.63, 3.8) is 0 Å². The van der Waals surface area contributed by atoms with Gasteiger partial charge < -0.3 is 15.7 Å². The minimum atomic E-state index is -0.483. The van der Waals surface area contributed by atoms with Crippen molar-refractivity contribution >= 4 is 29.1 Å². The van der Waals surface area contributed by atoms with Gasteiger partial charge in [0.15, 0.2) is 0 Å². The Labute approximate surface area is 127 Å². The van der Waals surface area contributed by atoms with Crippen molar-refractivity contribution in [1.29, 1.82) is 0 Å². The molecule has 22 heavy (non-hydrogen) atoms. The molecule has 116 valence electrons. The zero-order valence-corrected chi connectivity index (χ0v) is 12.3. The quantitative estimate of drug-likeness (QED) is 0.692. The van der Waals surface area contributed by atoms with Gasteiger partial charge in [0.25, 0.3) is 11.8 Å². The van der Waals surface area contributed by atoms with E-state index >= 15 is 0 Å². The third-order valence-electron chi connectivity index (χ3n) is 3.16. The van der Waals surface area contributed by atoms with Crippen LogP contribution in [0.3, 0.4) is 0 Å². The van der Waals surface area contributed by atoms with Gasteiger partial charge in [0.1, 0.15) is 5.70 Å². The molecule has 2 rings (SSSR count). The second-order valence-electron chi connectivity index (χ2n) is 4.91. The topological polar surface area (TPSA) is 98.7 Å². The van der Waals surface area contributed by atoms with Gasteiger partial charge in [-0.3, -0.25) is 19.3 Å². The fraction of sp³-hybridized carbons (Fsp3) is 0.267. The molecule has 0 aromatic heterocycles. The van der Waals surface area contributed by atoms with Crippen LogP contribution in [0.4, 0.5) is 11.4 Å². The van der Waals surface area contributed by atoms with Gasteiger partial charge in [0.2, 0.25) is 5.91 Å². The first kappa shape index (κ1) is 15.7. The third kappa shape index (κ3) is 3.32. The van der Waals surface area contributed by atoms with Gasteiger partial charge in [0.05, 0.1) is 13.2 Å². The number of benzene rings is 1. The first-order valence-corrected chi connectivity index (χ1v) is 6.76. The molecule has 1 aromatic carbocycles. The number of aliphatic hydroxyl groups is 1. The molecular weight excluding hydrogens is 286 g/mol. The third-order valence-corrected chi connectivity index (χ3v) is 3.16. The molecule has 1 aliphatic rings. The van der Waals surface area contributed by atoms with E-state index in [-0.39, 0.29) is 24.8 Å². The summed E-state index contributed by atoms with van der Waals surface area (Å²) in [6.07, 6.45) is 1.20. The number of aryl methyl sites for hydroxylation is 1. The second kappa shape index (κ2) is 6.40. The number of nitrogens with one attached hydrogen (secondary N) is 2. The number of amides is 3. The van der Waals surface area contributed by atoms with E-state index in [0.717, 1.165) is 10.5 Å². The molecule has 0 radical (unpaired) electrons. The van der Waals surface area contributed by atoms with Gasteiger partial charge in [-0.25, -0.2) is 0 Å². The zero-order valence-electron chi connectivity index (χ0n) is 12.3. The molecule has 0 bridgehead atoms. The first-order valence-electron chi connectivity index (χ1n) is 6.76. The highest BCUT2D eigenvalue weighted by molar-refractivity contribution is 6.17. The number of anilines is 2. The SMILES string of the molecule is CC(=O)Nc1ccc(C)c(NC2=CC(=O)N(CCO)C2=O)c1. The molecule has 7 heteroatoms. The van der Waals surface area contributed by atoms with Crippen molar-refractivity contribution in [3.8, 4) is 0 Å². The minimum Gasteiger partial charge on any atom is -0.395 e. The van der Waals surface area contributed by atoms with E-state index in [1.165, 1.54) is 13.0 Å². The van der Waals surface area contributed by atoms with Crippen LogP contribution in [0.25, 0.3) is 0 Å². The average molecular weight is 303 g/mol. The summed E-state index contributed by atoms with van der Waals surface area (Å²) in [5.74, 6) is -1.14. The molecule has 0 spiro atoms. The molecule has 0 fully saturated rings. The molecule has 0 atom stereocenters. The number of carbonyl (C=O) groups is 3. The molecule has 0 saturated carbocycles. The van der Waals surface area contributed by atoms with Crippen LogP contribution >= 0.6 is 0 Å². The first-order chi connectivity index (χ1) is 10.4. The van der Waals surface area contributed by atoms with Crippen LogP contribution in [0.1, 0.15) is 12.5 Å².